The Morgan fingerprint density at radius 1 is 1.13 bits per heavy atom. The number of amides is 1. The van der Waals surface area contributed by atoms with Gasteiger partial charge in [-0.15, -0.1) is 10.2 Å². The lowest BCUT2D eigenvalue weighted by Crippen LogP contribution is -2.15. The number of nitrogens with zero attached hydrogens (tertiary/aromatic N) is 4. The molecule has 0 saturated heterocycles. The van der Waals surface area contributed by atoms with E-state index in [9.17, 15) is 4.79 Å². The van der Waals surface area contributed by atoms with Crippen LogP contribution in [-0.2, 0) is 4.79 Å². The Balaban J connectivity index is 1.61. The highest BCUT2D eigenvalue weighted by molar-refractivity contribution is 8.00. The fourth-order valence-corrected chi connectivity index (χ4v) is 4.05. The second kappa shape index (κ2) is 8.81. The minimum absolute atomic E-state index is 0.158. The predicted molar refractivity (Wildman–Crippen MR) is 121 cm³/mol. The van der Waals surface area contributed by atoms with E-state index in [0.29, 0.717) is 27.9 Å². The minimum atomic E-state index is -0.187. The number of benzene rings is 2. The second-order valence-corrected chi connectivity index (χ2v) is 8.14. The van der Waals surface area contributed by atoms with Gasteiger partial charge in [-0.05, 0) is 24.3 Å². The van der Waals surface area contributed by atoms with Gasteiger partial charge >= 0.3 is 0 Å². The van der Waals surface area contributed by atoms with Gasteiger partial charge in [-0.1, -0.05) is 37.7 Å². The maximum Gasteiger partial charge on any atom is 0.234 e. The molecule has 0 bridgehead atoms. The van der Waals surface area contributed by atoms with Crippen LogP contribution in [0.4, 0.5) is 5.69 Å². The third kappa shape index (κ3) is 4.13. The molecule has 0 unspecified atom stereocenters. The van der Waals surface area contributed by atoms with Crippen molar-refractivity contribution in [1.29, 1.82) is 0 Å². The largest absolute Gasteiger partial charge is 0.497 e. The number of hydrogen-bond donors (Lipinski definition) is 1. The molecule has 2 aromatic heterocycles. The van der Waals surface area contributed by atoms with E-state index in [-0.39, 0.29) is 17.6 Å². The van der Waals surface area contributed by atoms with Crippen molar-refractivity contribution in [2.75, 3.05) is 25.3 Å². The minimum Gasteiger partial charge on any atom is -0.497 e. The number of rotatable bonds is 7. The number of fused-ring (bicyclic) bond motifs is 3. The van der Waals surface area contributed by atoms with Crippen LogP contribution in [0.3, 0.4) is 0 Å². The highest BCUT2D eigenvalue weighted by Gasteiger charge is 2.18. The molecule has 160 valence electrons. The van der Waals surface area contributed by atoms with Crippen LogP contribution in [0.15, 0.2) is 47.5 Å². The summed E-state index contributed by atoms with van der Waals surface area (Å²) in [4.78, 5) is 17.4. The number of nitrogens with one attached hydrogen (secondary N) is 1. The fourth-order valence-electron chi connectivity index (χ4n) is 3.28. The van der Waals surface area contributed by atoms with Crippen LogP contribution in [-0.4, -0.2) is 45.5 Å². The van der Waals surface area contributed by atoms with Gasteiger partial charge < -0.3 is 14.8 Å². The summed E-state index contributed by atoms with van der Waals surface area (Å²) in [6.45, 7) is 4.15. The van der Waals surface area contributed by atoms with Crippen LogP contribution in [0.25, 0.3) is 16.7 Å². The van der Waals surface area contributed by atoms with Crippen molar-refractivity contribution in [3.63, 3.8) is 0 Å². The monoisotopic (exact) mass is 437 g/mol. The average molecular weight is 438 g/mol. The summed E-state index contributed by atoms with van der Waals surface area (Å²) in [7, 11) is 3.13. The quantitative estimate of drug-likeness (QED) is 0.434. The van der Waals surface area contributed by atoms with Crippen molar-refractivity contribution in [2.24, 2.45) is 0 Å². The summed E-state index contributed by atoms with van der Waals surface area (Å²) in [5.74, 6) is 2.22. The molecule has 2 heterocycles. The van der Waals surface area contributed by atoms with Gasteiger partial charge in [0.1, 0.15) is 22.3 Å². The number of aromatic nitrogens is 4. The number of carbonyl (C=O) groups excluding carboxylic acids is 1. The first-order valence-electron chi connectivity index (χ1n) is 9.80. The third-order valence-corrected chi connectivity index (χ3v) is 5.71. The number of methoxy groups -OCH3 is 2. The standard InChI is InChI=1S/C22H23N5O3S/c1-13(2)20-25-26-21-22(24-15-7-5-6-8-17(15)27(20)21)31-12-19(28)23-16-11-14(29-3)9-10-18(16)30-4/h5-11,13H,12H2,1-4H3,(H,23,28). The van der Waals surface area contributed by atoms with Crippen LogP contribution in [0.1, 0.15) is 25.6 Å². The molecule has 2 aromatic carbocycles. The Labute approximate surface area is 184 Å². The zero-order valence-electron chi connectivity index (χ0n) is 17.7. The molecule has 9 heteroatoms. The number of ether oxygens (including phenoxy) is 2. The Kier molecular flexibility index (Phi) is 5.94. The molecule has 0 fully saturated rings. The summed E-state index contributed by atoms with van der Waals surface area (Å²) in [6.07, 6.45) is 0. The summed E-state index contributed by atoms with van der Waals surface area (Å²) in [6, 6.07) is 13.1. The van der Waals surface area contributed by atoms with Gasteiger partial charge in [0.25, 0.3) is 0 Å². The maximum atomic E-state index is 12.7. The summed E-state index contributed by atoms with van der Waals surface area (Å²) in [5, 5.41) is 12.3. The highest BCUT2D eigenvalue weighted by atomic mass is 32.2. The topological polar surface area (TPSA) is 90.6 Å². The second-order valence-electron chi connectivity index (χ2n) is 7.18. The third-order valence-electron chi connectivity index (χ3n) is 4.76. The Morgan fingerprint density at radius 3 is 2.68 bits per heavy atom. The summed E-state index contributed by atoms with van der Waals surface area (Å²) < 4.78 is 12.6. The van der Waals surface area contributed by atoms with Crippen molar-refractivity contribution in [3.8, 4) is 11.5 Å². The van der Waals surface area contributed by atoms with Crippen LogP contribution in [0.2, 0.25) is 0 Å². The summed E-state index contributed by atoms with van der Waals surface area (Å²) >= 11 is 1.32. The SMILES string of the molecule is COc1ccc(OC)c(NC(=O)CSc2nc3ccccc3n3c(C(C)C)nnc23)c1. The van der Waals surface area contributed by atoms with E-state index in [1.54, 1.807) is 32.4 Å². The molecule has 4 aromatic rings. The lowest BCUT2D eigenvalue weighted by atomic mass is 10.2. The molecular formula is C22H23N5O3S. The molecule has 8 nitrogen and oxygen atoms in total. The number of carbonyl (C=O) groups is 1. The number of thioether (sulfide) groups is 1. The van der Waals surface area contributed by atoms with E-state index in [2.05, 4.69) is 29.4 Å². The first-order chi connectivity index (χ1) is 15.0. The summed E-state index contributed by atoms with van der Waals surface area (Å²) in [5.41, 5.74) is 2.97. The van der Waals surface area contributed by atoms with Crippen molar-refractivity contribution in [2.45, 2.75) is 24.8 Å². The molecule has 0 atom stereocenters. The van der Waals surface area contributed by atoms with E-state index in [1.807, 2.05) is 28.7 Å². The fraction of sp³-hybridized carbons (Fsp3) is 0.273. The molecule has 0 aliphatic carbocycles. The van der Waals surface area contributed by atoms with E-state index >= 15 is 0 Å². The highest BCUT2D eigenvalue weighted by Crippen LogP contribution is 2.30. The van der Waals surface area contributed by atoms with Crippen molar-refractivity contribution >= 4 is 40.0 Å². The molecule has 0 radical (unpaired) electrons. The molecule has 4 rings (SSSR count). The van der Waals surface area contributed by atoms with Gasteiger partial charge in [-0.3, -0.25) is 9.20 Å². The number of anilines is 1. The van der Waals surface area contributed by atoms with Gasteiger partial charge in [-0.2, -0.15) is 0 Å². The Bertz CT molecular complexity index is 1250. The van der Waals surface area contributed by atoms with Gasteiger partial charge in [0.05, 0.1) is 36.7 Å². The normalized spacial score (nSPS) is 11.3. The van der Waals surface area contributed by atoms with Crippen LogP contribution >= 0.6 is 11.8 Å². The van der Waals surface area contributed by atoms with E-state index < -0.39 is 0 Å². The van der Waals surface area contributed by atoms with E-state index in [0.717, 1.165) is 16.9 Å². The van der Waals surface area contributed by atoms with Crippen molar-refractivity contribution in [1.82, 2.24) is 19.6 Å². The number of para-hydroxylation sites is 2. The van der Waals surface area contributed by atoms with Crippen LogP contribution < -0.4 is 14.8 Å². The van der Waals surface area contributed by atoms with Crippen molar-refractivity contribution < 1.29 is 14.3 Å². The molecule has 0 aliphatic heterocycles. The first kappa shape index (κ1) is 20.9. The zero-order chi connectivity index (χ0) is 22.0. The van der Waals surface area contributed by atoms with Gasteiger partial charge in [-0.25, -0.2) is 4.98 Å². The molecule has 31 heavy (non-hydrogen) atoms. The van der Waals surface area contributed by atoms with Gasteiger partial charge in [0.15, 0.2) is 5.65 Å². The Morgan fingerprint density at radius 2 is 1.94 bits per heavy atom. The van der Waals surface area contributed by atoms with E-state index in [4.69, 9.17) is 14.5 Å². The van der Waals surface area contributed by atoms with Gasteiger partial charge in [0, 0.05) is 12.0 Å². The molecule has 0 spiro atoms. The average Bonchev–Trinajstić information content (AvgIpc) is 3.23. The first-order valence-corrected chi connectivity index (χ1v) is 10.8. The van der Waals surface area contributed by atoms with Crippen LogP contribution in [0.5, 0.6) is 11.5 Å². The van der Waals surface area contributed by atoms with Crippen LogP contribution in [0, 0.1) is 0 Å². The molecular weight excluding hydrogens is 414 g/mol. The molecule has 1 amide bonds. The van der Waals surface area contributed by atoms with Gasteiger partial charge in [0.2, 0.25) is 5.91 Å². The van der Waals surface area contributed by atoms with Crippen molar-refractivity contribution in [3.05, 3.63) is 48.3 Å². The molecule has 0 saturated carbocycles. The Hall–Kier alpha value is -3.33. The smallest absolute Gasteiger partial charge is 0.234 e. The van der Waals surface area contributed by atoms with E-state index in [1.165, 1.54) is 11.8 Å². The zero-order valence-corrected chi connectivity index (χ0v) is 18.6. The lowest BCUT2D eigenvalue weighted by Gasteiger charge is -2.12. The number of hydrogen-bond acceptors (Lipinski definition) is 7. The molecule has 0 aliphatic rings. The predicted octanol–water partition coefficient (Wildman–Crippen LogP) is 4.15. The lowest BCUT2D eigenvalue weighted by molar-refractivity contribution is -0.113. The molecule has 1 N–H and O–H groups in total. The maximum absolute atomic E-state index is 12.7.